The number of aryl methyl sites for hydroxylation is 1. The van der Waals surface area contributed by atoms with Crippen molar-refractivity contribution in [2.75, 3.05) is 5.01 Å². The van der Waals surface area contributed by atoms with Crippen LogP contribution in [0.4, 0.5) is 5.95 Å². The number of halogens is 1. The Hall–Kier alpha value is -2.87. The van der Waals surface area contributed by atoms with Gasteiger partial charge >= 0.3 is 5.69 Å². The van der Waals surface area contributed by atoms with Gasteiger partial charge in [-0.2, -0.15) is 10.1 Å². The number of hydrazone groups is 1. The van der Waals surface area contributed by atoms with Crippen molar-refractivity contribution in [2.45, 2.75) is 20.0 Å². The van der Waals surface area contributed by atoms with Crippen LogP contribution in [0.1, 0.15) is 12.5 Å². The van der Waals surface area contributed by atoms with Gasteiger partial charge in [-0.05, 0) is 24.6 Å². The molecule has 1 aliphatic heterocycles. The summed E-state index contributed by atoms with van der Waals surface area (Å²) in [7, 11) is 3.08. The summed E-state index contributed by atoms with van der Waals surface area (Å²) < 4.78 is 4.30. The van der Waals surface area contributed by atoms with Gasteiger partial charge in [-0.15, -0.1) is 0 Å². The van der Waals surface area contributed by atoms with Crippen LogP contribution in [0.2, 0.25) is 5.02 Å². The first-order chi connectivity index (χ1) is 12.4. The van der Waals surface area contributed by atoms with Crippen LogP contribution in [0.3, 0.4) is 0 Å². The second-order valence-corrected chi connectivity index (χ2v) is 6.83. The molecule has 1 aromatic carbocycles. The van der Waals surface area contributed by atoms with Crippen LogP contribution in [0.25, 0.3) is 11.2 Å². The minimum Gasteiger partial charge on any atom is -0.297 e. The van der Waals surface area contributed by atoms with E-state index in [-0.39, 0.29) is 5.56 Å². The quantitative estimate of drug-likeness (QED) is 0.682. The fraction of sp³-hybridized carbons (Fsp3) is 0.294. The number of hydrogen-bond acceptors (Lipinski definition) is 5. The Morgan fingerprint density at radius 3 is 2.50 bits per heavy atom. The van der Waals surface area contributed by atoms with Gasteiger partial charge in [0.1, 0.15) is 0 Å². The minimum absolute atomic E-state index is 0.358. The summed E-state index contributed by atoms with van der Waals surface area (Å²) in [5.74, 6) is 0.541. The molecule has 0 N–H and O–H groups in total. The van der Waals surface area contributed by atoms with E-state index >= 15 is 0 Å². The Balaban J connectivity index is 1.90. The highest BCUT2D eigenvalue weighted by Gasteiger charge is 2.26. The molecule has 8 nitrogen and oxygen atoms in total. The van der Waals surface area contributed by atoms with Crippen molar-refractivity contribution in [3.05, 3.63) is 55.7 Å². The molecule has 0 atom stereocenters. The summed E-state index contributed by atoms with van der Waals surface area (Å²) in [5.41, 5.74) is 1.86. The van der Waals surface area contributed by atoms with Gasteiger partial charge in [-0.1, -0.05) is 23.7 Å². The number of fused-ring (bicyclic) bond motifs is 3. The fourth-order valence-electron chi connectivity index (χ4n) is 3.16. The van der Waals surface area contributed by atoms with Gasteiger partial charge in [0.15, 0.2) is 11.2 Å². The first-order valence-corrected chi connectivity index (χ1v) is 8.47. The molecular formula is C17H17ClN6O2. The molecule has 0 saturated carbocycles. The Morgan fingerprint density at radius 2 is 1.81 bits per heavy atom. The van der Waals surface area contributed by atoms with Gasteiger partial charge in [0.2, 0.25) is 5.95 Å². The van der Waals surface area contributed by atoms with E-state index in [1.165, 1.54) is 11.6 Å². The van der Waals surface area contributed by atoms with E-state index in [0.717, 1.165) is 15.8 Å². The SMILES string of the molecule is CC1=NN(Cc2ccc(Cl)cc2)c2nc3c(c(=O)n(C)c(=O)n3C)n2C1. The van der Waals surface area contributed by atoms with Gasteiger partial charge in [0, 0.05) is 19.1 Å². The Labute approximate surface area is 153 Å². The largest absolute Gasteiger partial charge is 0.332 e. The lowest BCUT2D eigenvalue weighted by molar-refractivity contribution is 0.698. The molecule has 26 heavy (non-hydrogen) atoms. The van der Waals surface area contributed by atoms with E-state index in [2.05, 4.69) is 10.1 Å². The van der Waals surface area contributed by atoms with Gasteiger partial charge in [0.25, 0.3) is 5.56 Å². The molecule has 2 aromatic heterocycles. The summed E-state index contributed by atoms with van der Waals surface area (Å²) in [6.45, 7) is 2.83. The van der Waals surface area contributed by atoms with Gasteiger partial charge in [0.05, 0.1) is 18.8 Å². The summed E-state index contributed by atoms with van der Waals surface area (Å²) in [4.78, 5) is 29.4. The normalized spacial score (nSPS) is 13.8. The van der Waals surface area contributed by atoms with E-state index in [1.807, 2.05) is 35.8 Å². The number of hydrogen-bond donors (Lipinski definition) is 0. The average Bonchev–Trinajstić information content (AvgIpc) is 2.99. The molecule has 134 valence electrons. The number of benzene rings is 1. The number of anilines is 1. The van der Waals surface area contributed by atoms with Gasteiger partial charge < -0.3 is 0 Å². The highest BCUT2D eigenvalue weighted by Crippen LogP contribution is 2.25. The lowest BCUT2D eigenvalue weighted by Gasteiger charge is -2.24. The molecule has 0 saturated heterocycles. The van der Waals surface area contributed by atoms with Crippen molar-refractivity contribution in [2.24, 2.45) is 19.2 Å². The van der Waals surface area contributed by atoms with Crippen molar-refractivity contribution >= 4 is 34.4 Å². The minimum atomic E-state index is -0.403. The third kappa shape index (κ3) is 2.45. The monoisotopic (exact) mass is 372 g/mol. The van der Waals surface area contributed by atoms with E-state index in [9.17, 15) is 9.59 Å². The van der Waals surface area contributed by atoms with Crippen LogP contribution in [-0.2, 0) is 27.2 Å². The predicted molar refractivity (Wildman–Crippen MR) is 101 cm³/mol. The number of imidazole rings is 1. The Bertz CT molecular complexity index is 1170. The predicted octanol–water partition coefficient (Wildman–Crippen LogP) is 1.48. The molecule has 4 rings (SSSR count). The van der Waals surface area contributed by atoms with Crippen LogP contribution >= 0.6 is 11.6 Å². The summed E-state index contributed by atoms with van der Waals surface area (Å²) in [6.07, 6.45) is 0. The standard InChI is InChI=1S/C17H17ClN6O2/c1-10-8-23-13-14(21(2)17(26)22(3)15(13)25)19-16(23)24(20-10)9-11-4-6-12(18)7-5-11/h4-7H,8-9H2,1-3H3. The Morgan fingerprint density at radius 1 is 1.12 bits per heavy atom. The maximum absolute atomic E-state index is 12.7. The number of rotatable bonds is 2. The molecule has 9 heteroatoms. The number of nitrogens with zero attached hydrogens (tertiary/aromatic N) is 6. The number of aromatic nitrogens is 4. The fourth-order valence-corrected chi connectivity index (χ4v) is 3.29. The zero-order valence-electron chi connectivity index (χ0n) is 14.6. The summed E-state index contributed by atoms with van der Waals surface area (Å²) in [6, 6.07) is 7.48. The summed E-state index contributed by atoms with van der Waals surface area (Å²) >= 11 is 5.95. The Kier molecular flexibility index (Phi) is 3.73. The molecule has 0 unspecified atom stereocenters. The average molecular weight is 373 g/mol. The van der Waals surface area contributed by atoms with E-state index in [0.29, 0.717) is 35.2 Å². The second-order valence-electron chi connectivity index (χ2n) is 6.40. The molecule has 3 heterocycles. The van der Waals surface area contributed by atoms with Crippen LogP contribution in [-0.4, -0.2) is 24.4 Å². The molecule has 0 radical (unpaired) electrons. The zero-order valence-corrected chi connectivity index (χ0v) is 15.4. The second kappa shape index (κ2) is 5.84. The van der Waals surface area contributed by atoms with Crippen molar-refractivity contribution in [3.63, 3.8) is 0 Å². The molecule has 0 spiro atoms. The van der Waals surface area contributed by atoms with Crippen molar-refractivity contribution < 1.29 is 0 Å². The zero-order chi connectivity index (χ0) is 18.6. The first kappa shape index (κ1) is 16.6. The van der Waals surface area contributed by atoms with Gasteiger partial charge in [-0.3, -0.25) is 18.5 Å². The van der Waals surface area contributed by atoms with E-state index in [4.69, 9.17) is 11.6 Å². The van der Waals surface area contributed by atoms with Crippen molar-refractivity contribution in [3.8, 4) is 0 Å². The lowest BCUT2D eigenvalue weighted by atomic mass is 10.2. The van der Waals surface area contributed by atoms with Crippen LogP contribution < -0.4 is 16.3 Å². The van der Waals surface area contributed by atoms with Crippen LogP contribution in [0, 0.1) is 0 Å². The first-order valence-electron chi connectivity index (χ1n) is 8.09. The highest BCUT2D eigenvalue weighted by atomic mass is 35.5. The smallest absolute Gasteiger partial charge is 0.297 e. The topological polar surface area (TPSA) is 77.4 Å². The molecule has 1 aliphatic rings. The highest BCUT2D eigenvalue weighted by molar-refractivity contribution is 6.30. The molecule has 3 aromatic rings. The molecule has 0 bridgehead atoms. The molecule has 0 amide bonds. The third-order valence-electron chi connectivity index (χ3n) is 4.48. The summed E-state index contributed by atoms with van der Waals surface area (Å²) in [5, 5.41) is 6.98. The van der Waals surface area contributed by atoms with Crippen molar-refractivity contribution in [1.82, 2.24) is 18.7 Å². The maximum Gasteiger partial charge on any atom is 0.332 e. The van der Waals surface area contributed by atoms with Crippen LogP contribution in [0.5, 0.6) is 0 Å². The van der Waals surface area contributed by atoms with Gasteiger partial charge in [-0.25, -0.2) is 9.80 Å². The lowest BCUT2D eigenvalue weighted by Crippen LogP contribution is -2.38. The third-order valence-corrected chi connectivity index (χ3v) is 4.73. The van der Waals surface area contributed by atoms with E-state index in [1.54, 1.807) is 12.1 Å². The van der Waals surface area contributed by atoms with Crippen LogP contribution in [0.15, 0.2) is 39.0 Å². The maximum atomic E-state index is 12.7. The van der Waals surface area contributed by atoms with E-state index < -0.39 is 5.69 Å². The molecule has 0 fully saturated rings. The molecular weight excluding hydrogens is 356 g/mol. The molecule has 0 aliphatic carbocycles. The van der Waals surface area contributed by atoms with Crippen molar-refractivity contribution in [1.29, 1.82) is 0 Å².